The topological polar surface area (TPSA) is 64.2 Å². The van der Waals surface area contributed by atoms with Gasteiger partial charge in [-0.25, -0.2) is 9.67 Å². The number of carbonyl (C=O) groups excluding carboxylic acids is 1. The highest BCUT2D eigenvalue weighted by Gasteiger charge is 2.21. The van der Waals surface area contributed by atoms with Crippen LogP contribution in [0.2, 0.25) is 0 Å². The zero-order valence-electron chi connectivity index (χ0n) is 13.6. The lowest BCUT2D eigenvalue weighted by molar-refractivity contribution is 0.0798. The van der Waals surface area contributed by atoms with Gasteiger partial charge >= 0.3 is 0 Å². The molecular formula is C18H18N4O2. The van der Waals surface area contributed by atoms with Crippen molar-refractivity contribution in [2.45, 2.75) is 6.92 Å². The number of hydrogen-bond acceptors (Lipinski definition) is 4. The van der Waals surface area contributed by atoms with E-state index in [0.29, 0.717) is 12.4 Å². The van der Waals surface area contributed by atoms with Gasteiger partial charge < -0.3 is 9.32 Å². The second-order valence-electron chi connectivity index (χ2n) is 5.49. The lowest BCUT2D eigenvalue weighted by Crippen LogP contribution is -2.27. The van der Waals surface area contributed by atoms with Gasteiger partial charge in [0.2, 0.25) is 5.82 Å². The van der Waals surface area contributed by atoms with Gasteiger partial charge in [0, 0.05) is 13.6 Å². The third kappa shape index (κ3) is 2.99. The quantitative estimate of drug-likeness (QED) is 0.677. The zero-order chi connectivity index (χ0) is 17.1. The van der Waals surface area contributed by atoms with Crippen LogP contribution in [0.1, 0.15) is 16.2 Å². The van der Waals surface area contributed by atoms with E-state index in [4.69, 9.17) is 4.42 Å². The Bertz CT molecular complexity index is 848. The van der Waals surface area contributed by atoms with E-state index in [2.05, 4.69) is 16.7 Å². The summed E-state index contributed by atoms with van der Waals surface area (Å²) in [5.74, 6) is 0.435. The normalized spacial score (nSPS) is 10.6. The molecule has 0 aliphatic heterocycles. The summed E-state index contributed by atoms with van der Waals surface area (Å²) in [4.78, 5) is 18.4. The van der Waals surface area contributed by atoms with Crippen LogP contribution >= 0.6 is 0 Å². The first kappa shape index (κ1) is 15.7. The summed E-state index contributed by atoms with van der Waals surface area (Å²) in [7, 11) is 1.69. The van der Waals surface area contributed by atoms with Crippen molar-refractivity contribution in [1.29, 1.82) is 0 Å². The van der Waals surface area contributed by atoms with Crippen LogP contribution in [0.15, 0.2) is 59.9 Å². The Morgan fingerprint density at radius 2 is 2.08 bits per heavy atom. The van der Waals surface area contributed by atoms with Crippen LogP contribution in [-0.2, 0) is 0 Å². The van der Waals surface area contributed by atoms with E-state index in [1.807, 2.05) is 31.2 Å². The first-order valence-electron chi connectivity index (χ1n) is 7.53. The number of amides is 1. The maximum absolute atomic E-state index is 12.5. The predicted octanol–water partition coefficient (Wildman–Crippen LogP) is 3.09. The molecule has 3 rings (SSSR count). The summed E-state index contributed by atoms with van der Waals surface area (Å²) < 4.78 is 6.80. The molecule has 0 spiro atoms. The number of furan rings is 1. The Balaban J connectivity index is 2.08. The van der Waals surface area contributed by atoms with E-state index in [0.717, 1.165) is 16.8 Å². The van der Waals surface area contributed by atoms with Crippen LogP contribution in [0.3, 0.4) is 0 Å². The summed E-state index contributed by atoms with van der Waals surface area (Å²) in [5, 5.41) is 4.41. The van der Waals surface area contributed by atoms with Crippen molar-refractivity contribution >= 4 is 5.91 Å². The Morgan fingerprint density at radius 3 is 2.71 bits per heavy atom. The smallest absolute Gasteiger partial charge is 0.293 e. The first-order chi connectivity index (χ1) is 11.6. The van der Waals surface area contributed by atoms with Crippen molar-refractivity contribution < 1.29 is 9.21 Å². The molecule has 6 nitrogen and oxygen atoms in total. The molecule has 0 bridgehead atoms. The third-order valence-corrected chi connectivity index (χ3v) is 3.61. The minimum Gasteiger partial charge on any atom is -0.472 e. The summed E-state index contributed by atoms with van der Waals surface area (Å²) in [6, 6.07) is 9.64. The molecule has 3 aromatic rings. The van der Waals surface area contributed by atoms with Crippen LogP contribution in [0.4, 0.5) is 0 Å². The van der Waals surface area contributed by atoms with Crippen LogP contribution in [-0.4, -0.2) is 39.2 Å². The highest BCUT2D eigenvalue weighted by molar-refractivity contribution is 5.91. The Kier molecular flexibility index (Phi) is 4.29. The molecule has 24 heavy (non-hydrogen) atoms. The highest BCUT2D eigenvalue weighted by Crippen LogP contribution is 2.22. The molecule has 0 aliphatic carbocycles. The average molecular weight is 322 g/mol. The zero-order valence-corrected chi connectivity index (χ0v) is 13.6. The number of benzene rings is 1. The second-order valence-corrected chi connectivity index (χ2v) is 5.49. The largest absolute Gasteiger partial charge is 0.472 e. The first-order valence-corrected chi connectivity index (χ1v) is 7.53. The molecule has 1 aromatic carbocycles. The number of aryl methyl sites for hydroxylation is 1. The molecule has 1 amide bonds. The van der Waals surface area contributed by atoms with Crippen molar-refractivity contribution in [2.75, 3.05) is 13.6 Å². The van der Waals surface area contributed by atoms with E-state index >= 15 is 0 Å². The molecule has 0 unspecified atom stereocenters. The minimum absolute atomic E-state index is 0.135. The number of aromatic nitrogens is 3. The third-order valence-electron chi connectivity index (χ3n) is 3.61. The van der Waals surface area contributed by atoms with Gasteiger partial charge in [0.15, 0.2) is 5.82 Å². The fourth-order valence-corrected chi connectivity index (χ4v) is 2.29. The van der Waals surface area contributed by atoms with E-state index in [1.165, 1.54) is 4.90 Å². The minimum atomic E-state index is -0.259. The summed E-state index contributed by atoms with van der Waals surface area (Å²) in [6.45, 7) is 6.09. The van der Waals surface area contributed by atoms with Crippen LogP contribution in [0.25, 0.3) is 17.1 Å². The molecular weight excluding hydrogens is 304 g/mol. The molecule has 0 fully saturated rings. The lowest BCUT2D eigenvalue weighted by atomic mass is 10.2. The maximum atomic E-state index is 12.5. The van der Waals surface area contributed by atoms with E-state index in [1.54, 1.807) is 36.4 Å². The molecule has 0 saturated carbocycles. The molecule has 0 N–H and O–H groups in total. The SMILES string of the molecule is C=CCN(C)C(=O)c1nc(-c2ccoc2)n(-c2ccc(C)cc2)n1. The predicted molar refractivity (Wildman–Crippen MR) is 91.0 cm³/mol. The Labute approximate surface area is 140 Å². The van der Waals surface area contributed by atoms with E-state index in [9.17, 15) is 4.79 Å². The number of likely N-dealkylation sites (N-methyl/N-ethyl adjacent to an activating group) is 1. The second kappa shape index (κ2) is 6.54. The fraction of sp³-hybridized carbons (Fsp3) is 0.167. The van der Waals surface area contributed by atoms with Crippen molar-refractivity contribution in [1.82, 2.24) is 19.7 Å². The van der Waals surface area contributed by atoms with Gasteiger partial charge in [-0.3, -0.25) is 4.79 Å². The summed E-state index contributed by atoms with van der Waals surface area (Å²) in [5.41, 5.74) is 2.73. The molecule has 2 aromatic heterocycles. The van der Waals surface area contributed by atoms with Crippen LogP contribution in [0.5, 0.6) is 0 Å². The van der Waals surface area contributed by atoms with Crippen molar-refractivity contribution in [3.63, 3.8) is 0 Å². The molecule has 0 aliphatic rings. The molecule has 6 heteroatoms. The number of hydrogen-bond donors (Lipinski definition) is 0. The molecule has 0 radical (unpaired) electrons. The molecule has 2 heterocycles. The maximum Gasteiger partial charge on any atom is 0.293 e. The van der Waals surface area contributed by atoms with Crippen LogP contribution in [0, 0.1) is 6.92 Å². The number of rotatable bonds is 5. The van der Waals surface area contributed by atoms with Gasteiger partial charge in [-0.05, 0) is 25.1 Å². The molecule has 122 valence electrons. The van der Waals surface area contributed by atoms with Crippen molar-refractivity contribution in [3.05, 3.63) is 66.9 Å². The Hall–Kier alpha value is -3.15. The van der Waals surface area contributed by atoms with Gasteiger partial charge in [-0.2, -0.15) is 0 Å². The van der Waals surface area contributed by atoms with Gasteiger partial charge in [0.05, 0.1) is 17.5 Å². The van der Waals surface area contributed by atoms with Gasteiger partial charge in [0.25, 0.3) is 5.91 Å². The van der Waals surface area contributed by atoms with Crippen LogP contribution < -0.4 is 0 Å². The monoisotopic (exact) mass is 322 g/mol. The van der Waals surface area contributed by atoms with Crippen molar-refractivity contribution in [3.8, 4) is 17.1 Å². The molecule has 0 saturated heterocycles. The van der Waals surface area contributed by atoms with E-state index < -0.39 is 0 Å². The Morgan fingerprint density at radius 1 is 1.33 bits per heavy atom. The summed E-state index contributed by atoms with van der Waals surface area (Å²) >= 11 is 0. The highest BCUT2D eigenvalue weighted by atomic mass is 16.3. The van der Waals surface area contributed by atoms with Crippen molar-refractivity contribution in [2.24, 2.45) is 0 Å². The van der Waals surface area contributed by atoms with E-state index in [-0.39, 0.29) is 11.7 Å². The lowest BCUT2D eigenvalue weighted by Gasteiger charge is -2.11. The number of nitrogens with zero attached hydrogens (tertiary/aromatic N) is 4. The summed E-state index contributed by atoms with van der Waals surface area (Å²) in [6.07, 6.45) is 4.80. The molecule has 0 atom stereocenters. The number of carbonyl (C=O) groups is 1. The van der Waals surface area contributed by atoms with Gasteiger partial charge in [-0.15, -0.1) is 11.7 Å². The fourth-order valence-electron chi connectivity index (χ4n) is 2.29. The van der Waals surface area contributed by atoms with Gasteiger partial charge in [-0.1, -0.05) is 23.8 Å². The standard InChI is InChI=1S/C18H18N4O2/c1-4-10-21(3)18(23)16-19-17(14-9-11-24-12-14)22(20-16)15-7-5-13(2)6-8-15/h4-9,11-12H,1,10H2,2-3H3. The average Bonchev–Trinajstić information content (AvgIpc) is 3.24. The van der Waals surface area contributed by atoms with Gasteiger partial charge in [0.1, 0.15) is 6.26 Å².